The van der Waals surface area contributed by atoms with Crippen LogP contribution in [0.4, 0.5) is 13.2 Å². The Bertz CT molecular complexity index is 2890. The first kappa shape index (κ1) is 33.1. The average Bonchev–Trinajstić information content (AvgIpc) is 3.73. The summed E-state index contributed by atoms with van der Waals surface area (Å²) in [5.74, 6) is 3.36. The van der Waals surface area contributed by atoms with Crippen LogP contribution in [0.3, 0.4) is 0 Å². The van der Waals surface area contributed by atoms with Gasteiger partial charge in [0.25, 0.3) is 0 Å². The molecule has 0 aliphatic carbocycles. The minimum Gasteiger partial charge on any atom is -0.457 e. The molecule has 0 N–H and O–H groups in total. The van der Waals surface area contributed by atoms with Crippen molar-refractivity contribution in [2.24, 2.45) is 0 Å². The average molecular weight is 741 g/mol. The number of para-hydroxylation sites is 2. The number of halogens is 3. The number of hydrogen-bond donors (Lipinski definition) is 0. The van der Waals surface area contributed by atoms with Crippen molar-refractivity contribution >= 4 is 43.6 Å². The van der Waals surface area contributed by atoms with Crippen LogP contribution in [0.1, 0.15) is 5.56 Å². The van der Waals surface area contributed by atoms with Crippen LogP contribution < -0.4 is 9.47 Å². The summed E-state index contributed by atoms with van der Waals surface area (Å²) in [6, 6.07) is 44.5. The van der Waals surface area contributed by atoms with Gasteiger partial charge < -0.3 is 9.47 Å². The summed E-state index contributed by atoms with van der Waals surface area (Å²) in [5, 5.41) is 4.17. The minimum absolute atomic E-state index is 0.0739. The molecule has 0 radical (unpaired) electrons. The molecule has 10 rings (SSSR count). The maximum absolute atomic E-state index is 13.4. The summed E-state index contributed by atoms with van der Waals surface area (Å²) in [4.78, 5) is 17.4. The highest BCUT2D eigenvalue weighted by molar-refractivity contribution is 6.10. The van der Waals surface area contributed by atoms with Crippen molar-refractivity contribution in [3.63, 3.8) is 0 Å². The van der Waals surface area contributed by atoms with E-state index in [-0.39, 0.29) is 5.82 Å². The van der Waals surface area contributed by atoms with Gasteiger partial charge in [-0.3, -0.25) is 9.13 Å². The molecule has 0 unspecified atom stereocenters. The lowest BCUT2D eigenvalue weighted by atomic mass is 10.1. The van der Waals surface area contributed by atoms with Crippen LogP contribution in [-0.4, -0.2) is 29.1 Å². The summed E-state index contributed by atoms with van der Waals surface area (Å²) in [6.45, 7) is 0. The van der Waals surface area contributed by atoms with Gasteiger partial charge in [0.1, 0.15) is 34.6 Å². The van der Waals surface area contributed by atoms with E-state index < -0.39 is 11.7 Å². The van der Waals surface area contributed by atoms with E-state index in [0.29, 0.717) is 28.6 Å². The number of ether oxygens (including phenoxy) is 2. The van der Waals surface area contributed by atoms with E-state index in [1.807, 2.05) is 97.1 Å². The predicted molar refractivity (Wildman–Crippen MR) is 210 cm³/mol. The second-order valence-corrected chi connectivity index (χ2v) is 13.1. The molecule has 0 atom stereocenters. The highest BCUT2D eigenvalue weighted by Crippen LogP contribution is 2.39. The Balaban J connectivity index is 1.08. The van der Waals surface area contributed by atoms with Gasteiger partial charge in [-0.2, -0.15) is 13.2 Å². The predicted octanol–water partition coefficient (Wildman–Crippen LogP) is 11.7. The van der Waals surface area contributed by atoms with Crippen molar-refractivity contribution in [2.75, 3.05) is 0 Å². The number of hydrogen-bond acceptors (Lipinski definition) is 6. The maximum atomic E-state index is 13.4. The first-order valence-corrected chi connectivity index (χ1v) is 17.7. The normalized spacial score (nSPS) is 11.8. The molecule has 8 nitrogen and oxygen atoms in total. The molecule has 0 fully saturated rings. The second-order valence-electron chi connectivity index (χ2n) is 13.1. The van der Waals surface area contributed by atoms with E-state index in [4.69, 9.17) is 9.47 Å². The van der Waals surface area contributed by atoms with Crippen LogP contribution in [0.15, 0.2) is 164 Å². The zero-order chi connectivity index (χ0) is 37.8. The summed E-state index contributed by atoms with van der Waals surface area (Å²) in [7, 11) is 0. The molecular formula is C45H27F3N6O2. The number of nitrogens with zero attached hydrogens (tertiary/aromatic N) is 6. The Hall–Kier alpha value is -7.53. The van der Waals surface area contributed by atoms with Crippen LogP contribution in [0.25, 0.3) is 66.6 Å². The van der Waals surface area contributed by atoms with Crippen LogP contribution in [0.2, 0.25) is 0 Å². The van der Waals surface area contributed by atoms with Gasteiger partial charge in [0, 0.05) is 70.1 Å². The van der Waals surface area contributed by atoms with Crippen molar-refractivity contribution in [1.82, 2.24) is 29.1 Å². The molecule has 0 saturated carbocycles. The largest absolute Gasteiger partial charge is 0.457 e. The molecule has 10 aromatic rings. The van der Waals surface area contributed by atoms with E-state index in [0.717, 1.165) is 67.6 Å². The molecule has 0 bridgehead atoms. The molecule has 0 amide bonds. The first-order valence-electron chi connectivity index (χ1n) is 17.7. The Labute approximate surface area is 316 Å². The number of alkyl halides is 3. The fourth-order valence-electron chi connectivity index (χ4n) is 7.21. The molecular weight excluding hydrogens is 714 g/mol. The number of pyridine rings is 2. The van der Waals surface area contributed by atoms with E-state index in [1.54, 1.807) is 30.6 Å². The van der Waals surface area contributed by atoms with Gasteiger partial charge in [0.2, 0.25) is 0 Å². The van der Waals surface area contributed by atoms with Gasteiger partial charge in [0.15, 0.2) is 5.82 Å². The molecule has 0 saturated heterocycles. The highest BCUT2D eigenvalue weighted by Gasteiger charge is 2.31. The van der Waals surface area contributed by atoms with Gasteiger partial charge in [0.05, 0.1) is 27.6 Å². The van der Waals surface area contributed by atoms with E-state index in [1.165, 1.54) is 0 Å². The quantitative estimate of drug-likeness (QED) is 0.162. The van der Waals surface area contributed by atoms with Crippen molar-refractivity contribution in [2.45, 2.75) is 6.18 Å². The van der Waals surface area contributed by atoms with Gasteiger partial charge >= 0.3 is 6.18 Å². The molecule has 5 aromatic carbocycles. The zero-order valence-corrected chi connectivity index (χ0v) is 29.2. The Morgan fingerprint density at radius 2 is 0.893 bits per heavy atom. The van der Waals surface area contributed by atoms with Crippen molar-refractivity contribution in [3.05, 3.63) is 170 Å². The fraction of sp³-hybridized carbons (Fsp3) is 0.0222. The summed E-state index contributed by atoms with van der Waals surface area (Å²) < 4.78 is 57.5. The SMILES string of the molecule is FC(F)(F)c1cnc(-c2cc(Oc3ccc4c5ccccc5n(-c5ccccn5)c4c3)cc(Oc3ccc4c5ccccc5n(-c5ccccn5)c4c3)c2)nc1. The van der Waals surface area contributed by atoms with Crippen LogP contribution in [0, 0.1) is 0 Å². The van der Waals surface area contributed by atoms with Crippen molar-refractivity contribution in [1.29, 1.82) is 0 Å². The first-order chi connectivity index (χ1) is 27.4. The fourth-order valence-corrected chi connectivity index (χ4v) is 7.21. The van der Waals surface area contributed by atoms with Gasteiger partial charge in [-0.1, -0.05) is 48.5 Å². The molecule has 0 aliphatic rings. The molecule has 5 aromatic heterocycles. The third-order valence-corrected chi connectivity index (χ3v) is 9.64. The molecule has 5 heterocycles. The number of rotatable bonds is 7. The van der Waals surface area contributed by atoms with Gasteiger partial charge in [-0.25, -0.2) is 19.9 Å². The monoisotopic (exact) mass is 740 g/mol. The lowest BCUT2D eigenvalue weighted by molar-refractivity contribution is -0.138. The highest BCUT2D eigenvalue weighted by atomic mass is 19.4. The number of benzene rings is 5. The van der Waals surface area contributed by atoms with Crippen LogP contribution >= 0.6 is 0 Å². The number of aromatic nitrogens is 6. The van der Waals surface area contributed by atoms with Gasteiger partial charge in [-0.05, 0) is 72.8 Å². The second kappa shape index (κ2) is 13.1. The summed E-state index contributed by atoms with van der Waals surface area (Å²) in [5.41, 5.74) is 3.22. The topological polar surface area (TPSA) is 79.9 Å². The van der Waals surface area contributed by atoms with Crippen molar-refractivity contribution < 1.29 is 22.6 Å². The lowest BCUT2D eigenvalue weighted by Crippen LogP contribution is -2.06. The zero-order valence-electron chi connectivity index (χ0n) is 29.2. The van der Waals surface area contributed by atoms with Crippen molar-refractivity contribution in [3.8, 4) is 46.0 Å². The molecule has 11 heteroatoms. The van der Waals surface area contributed by atoms with Gasteiger partial charge in [-0.15, -0.1) is 0 Å². The van der Waals surface area contributed by atoms with E-state index in [9.17, 15) is 13.2 Å². The van der Waals surface area contributed by atoms with Crippen LogP contribution in [0.5, 0.6) is 23.0 Å². The number of fused-ring (bicyclic) bond motifs is 6. The summed E-state index contributed by atoms with van der Waals surface area (Å²) >= 11 is 0. The van der Waals surface area contributed by atoms with E-state index in [2.05, 4.69) is 53.3 Å². The molecule has 270 valence electrons. The lowest BCUT2D eigenvalue weighted by Gasteiger charge is -2.13. The Kier molecular flexibility index (Phi) is 7.73. The minimum atomic E-state index is -4.58. The molecule has 0 aliphatic heterocycles. The maximum Gasteiger partial charge on any atom is 0.419 e. The summed E-state index contributed by atoms with van der Waals surface area (Å²) in [6.07, 6.45) is 0.464. The Morgan fingerprint density at radius 3 is 1.36 bits per heavy atom. The Morgan fingerprint density at radius 1 is 0.429 bits per heavy atom. The third-order valence-electron chi connectivity index (χ3n) is 9.64. The molecule has 0 spiro atoms. The third kappa shape index (κ3) is 5.82. The molecule has 56 heavy (non-hydrogen) atoms. The van der Waals surface area contributed by atoms with Crippen LogP contribution in [-0.2, 0) is 6.18 Å². The smallest absolute Gasteiger partial charge is 0.419 e. The standard InChI is InChI=1S/C45H27F3N6O2/c46-45(47,48)29-26-51-44(52-27-29)28-21-32(55-30-15-17-36-34-9-1-3-11-38(34)53(40(36)24-30)42-13-5-7-19-49-42)23-33(22-28)56-31-16-18-37-35-10-2-4-12-39(35)54(41(37)25-31)43-14-6-8-20-50-43/h1-27H. The van der Waals surface area contributed by atoms with E-state index >= 15 is 0 Å².